The molecule has 7 nitrogen and oxygen atoms in total. The number of benzene rings is 2. The Bertz CT molecular complexity index is 1090. The van der Waals surface area contributed by atoms with Gasteiger partial charge in [-0.2, -0.15) is 4.31 Å². The van der Waals surface area contributed by atoms with Gasteiger partial charge in [0.1, 0.15) is 6.54 Å². The lowest BCUT2D eigenvalue weighted by molar-refractivity contribution is -0.123. The molecule has 2 aromatic carbocycles. The van der Waals surface area contributed by atoms with Crippen LogP contribution in [-0.4, -0.2) is 56.0 Å². The zero-order valence-corrected chi connectivity index (χ0v) is 20.9. The number of sulfonamides is 1. The van der Waals surface area contributed by atoms with E-state index in [4.69, 9.17) is 0 Å². The highest BCUT2D eigenvalue weighted by molar-refractivity contribution is 8.00. The fraction of sp³-hybridized carbons (Fsp3) is 0.417. The number of hydrogen-bond donors (Lipinski definition) is 1. The van der Waals surface area contributed by atoms with E-state index >= 15 is 0 Å². The summed E-state index contributed by atoms with van der Waals surface area (Å²) < 4.78 is 27.3. The second-order valence-electron chi connectivity index (χ2n) is 7.98. The van der Waals surface area contributed by atoms with Crippen molar-refractivity contribution in [3.8, 4) is 0 Å². The molecule has 2 aromatic rings. The van der Waals surface area contributed by atoms with E-state index in [9.17, 15) is 18.0 Å². The van der Waals surface area contributed by atoms with Crippen molar-refractivity contribution in [1.82, 2.24) is 9.62 Å². The predicted octanol–water partition coefficient (Wildman–Crippen LogP) is 3.29. The quantitative estimate of drug-likeness (QED) is 0.553. The summed E-state index contributed by atoms with van der Waals surface area (Å²) in [5, 5.41) is 2.96. The maximum atomic E-state index is 13.0. The summed E-state index contributed by atoms with van der Waals surface area (Å²) in [4.78, 5) is 27.7. The van der Waals surface area contributed by atoms with Gasteiger partial charge in [-0.25, -0.2) is 8.42 Å². The molecule has 1 heterocycles. The van der Waals surface area contributed by atoms with Gasteiger partial charge in [0.25, 0.3) is 0 Å². The number of thioether (sulfide) groups is 1. The molecule has 0 aliphatic carbocycles. The van der Waals surface area contributed by atoms with Gasteiger partial charge in [0.15, 0.2) is 0 Å². The molecule has 0 saturated carbocycles. The van der Waals surface area contributed by atoms with Crippen molar-refractivity contribution in [2.45, 2.75) is 49.4 Å². The molecule has 1 unspecified atom stereocenters. The molecule has 0 radical (unpaired) electrons. The van der Waals surface area contributed by atoms with Crippen LogP contribution in [0.2, 0.25) is 0 Å². The Morgan fingerprint density at radius 1 is 1.15 bits per heavy atom. The number of hydrogen-bond acceptors (Lipinski definition) is 5. The minimum atomic E-state index is -3.67. The minimum Gasteiger partial charge on any atom is -0.352 e. The van der Waals surface area contributed by atoms with Gasteiger partial charge in [-0.3, -0.25) is 9.59 Å². The average Bonchev–Trinajstić information content (AvgIpc) is 2.80. The van der Waals surface area contributed by atoms with Crippen molar-refractivity contribution in [3.05, 3.63) is 54.1 Å². The summed E-state index contributed by atoms with van der Waals surface area (Å²) in [6, 6.07) is 14.8. The van der Waals surface area contributed by atoms with Crippen LogP contribution in [0.3, 0.4) is 0 Å². The van der Waals surface area contributed by atoms with Crippen LogP contribution in [0, 0.1) is 0 Å². The monoisotopic (exact) mass is 489 g/mol. The van der Waals surface area contributed by atoms with E-state index < -0.39 is 10.0 Å². The number of fused-ring (bicyclic) bond motifs is 1. The van der Waals surface area contributed by atoms with Crippen molar-refractivity contribution < 1.29 is 18.0 Å². The molecule has 0 spiro atoms. The molecule has 178 valence electrons. The van der Waals surface area contributed by atoms with Crippen LogP contribution >= 0.6 is 11.8 Å². The fourth-order valence-corrected chi connectivity index (χ4v) is 6.19. The summed E-state index contributed by atoms with van der Waals surface area (Å²) in [6.07, 6.45) is 1.62. The molecule has 2 amide bonds. The molecule has 0 aromatic heterocycles. The van der Waals surface area contributed by atoms with Crippen LogP contribution in [0.1, 0.15) is 32.8 Å². The zero-order valence-electron chi connectivity index (χ0n) is 19.3. The smallest absolute Gasteiger partial charge is 0.243 e. The van der Waals surface area contributed by atoms with Gasteiger partial charge in [-0.1, -0.05) is 44.2 Å². The SMILES string of the molecule is CCN(CC)S(=O)(=O)c1ccc2c(c1)N(CC(=O)NC(C)CCc1ccccc1)C(=O)CS2. The number of rotatable bonds is 10. The first-order chi connectivity index (χ1) is 15.8. The Kier molecular flexibility index (Phi) is 8.56. The third-order valence-corrected chi connectivity index (χ3v) is 8.73. The van der Waals surface area contributed by atoms with Crippen molar-refractivity contribution >= 4 is 39.3 Å². The van der Waals surface area contributed by atoms with Crippen LogP contribution in [0.4, 0.5) is 5.69 Å². The average molecular weight is 490 g/mol. The normalized spacial score (nSPS) is 14.8. The molecule has 1 aliphatic heterocycles. The van der Waals surface area contributed by atoms with Gasteiger partial charge in [0.05, 0.1) is 16.3 Å². The Labute approximate surface area is 200 Å². The number of anilines is 1. The largest absolute Gasteiger partial charge is 0.352 e. The summed E-state index contributed by atoms with van der Waals surface area (Å²) in [6.45, 7) is 6.09. The van der Waals surface area contributed by atoms with E-state index in [1.165, 1.54) is 32.6 Å². The maximum Gasteiger partial charge on any atom is 0.243 e. The number of nitrogens with one attached hydrogen (secondary N) is 1. The molecule has 0 saturated heterocycles. The van der Waals surface area contributed by atoms with E-state index in [-0.39, 0.29) is 35.0 Å². The van der Waals surface area contributed by atoms with Gasteiger partial charge in [-0.05, 0) is 43.5 Å². The fourth-order valence-electron chi connectivity index (χ4n) is 3.79. The molecule has 9 heteroatoms. The summed E-state index contributed by atoms with van der Waals surface area (Å²) in [7, 11) is -3.67. The molecule has 1 atom stereocenters. The van der Waals surface area contributed by atoms with E-state index in [0.29, 0.717) is 18.8 Å². The van der Waals surface area contributed by atoms with Crippen molar-refractivity contribution in [3.63, 3.8) is 0 Å². The lowest BCUT2D eigenvalue weighted by Crippen LogP contribution is -2.45. The predicted molar refractivity (Wildman–Crippen MR) is 132 cm³/mol. The first kappa shape index (κ1) is 25.3. The molecule has 0 fully saturated rings. The highest BCUT2D eigenvalue weighted by Crippen LogP contribution is 2.37. The second-order valence-corrected chi connectivity index (χ2v) is 10.9. The standard InChI is InChI=1S/C24H31N3O4S2/c1-4-26(5-2)33(30,31)20-13-14-22-21(15-20)27(24(29)17-32-22)16-23(28)25-18(3)11-12-19-9-7-6-8-10-19/h6-10,13-15,18H,4-5,11-12,16-17H2,1-3H3,(H,25,28). The Hall–Kier alpha value is -2.36. The number of amides is 2. The number of aryl methyl sites for hydroxylation is 1. The third-order valence-electron chi connectivity index (χ3n) is 5.63. The van der Waals surface area contributed by atoms with Crippen LogP contribution in [0.15, 0.2) is 58.3 Å². The third kappa shape index (κ3) is 6.16. The van der Waals surface area contributed by atoms with E-state index in [0.717, 1.165) is 17.7 Å². The Balaban J connectivity index is 1.72. The van der Waals surface area contributed by atoms with Crippen LogP contribution in [-0.2, 0) is 26.0 Å². The van der Waals surface area contributed by atoms with Crippen molar-refractivity contribution in [1.29, 1.82) is 0 Å². The summed E-state index contributed by atoms with van der Waals surface area (Å²) in [5.74, 6) is -0.262. The summed E-state index contributed by atoms with van der Waals surface area (Å²) >= 11 is 1.36. The molecule has 3 rings (SSSR count). The Morgan fingerprint density at radius 3 is 2.52 bits per heavy atom. The lowest BCUT2D eigenvalue weighted by Gasteiger charge is -2.30. The highest BCUT2D eigenvalue weighted by atomic mass is 32.2. The molecular formula is C24H31N3O4S2. The van der Waals surface area contributed by atoms with Crippen molar-refractivity contribution in [2.24, 2.45) is 0 Å². The topological polar surface area (TPSA) is 86.8 Å². The first-order valence-electron chi connectivity index (χ1n) is 11.2. The van der Waals surface area contributed by atoms with Crippen LogP contribution < -0.4 is 10.2 Å². The van der Waals surface area contributed by atoms with E-state index in [2.05, 4.69) is 17.4 Å². The van der Waals surface area contributed by atoms with Crippen LogP contribution in [0.5, 0.6) is 0 Å². The van der Waals surface area contributed by atoms with E-state index in [1.807, 2.05) is 25.1 Å². The molecule has 33 heavy (non-hydrogen) atoms. The molecular weight excluding hydrogens is 458 g/mol. The van der Waals surface area contributed by atoms with Gasteiger partial charge >= 0.3 is 0 Å². The molecule has 1 N–H and O–H groups in total. The number of carbonyl (C=O) groups excluding carboxylic acids is 2. The second kappa shape index (κ2) is 11.2. The van der Waals surface area contributed by atoms with Gasteiger partial charge in [0.2, 0.25) is 21.8 Å². The van der Waals surface area contributed by atoms with Gasteiger partial charge in [0, 0.05) is 24.0 Å². The van der Waals surface area contributed by atoms with Gasteiger partial charge in [-0.15, -0.1) is 11.8 Å². The molecule has 1 aliphatic rings. The lowest BCUT2D eigenvalue weighted by atomic mass is 10.1. The highest BCUT2D eigenvalue weighted by Gasteiger charge is 2.30. The zero-order chi connectivity index (χ0) is 24.0. The first-order valence-corrected chi connectivity index (χ1v) is 13.6. The van der Waals surface area contributed by atoms with Gasteiger partial charge < -0.3 is 10.2 Å². The van der Waals surface area contributed by atoms with Crippen LogP contribution in [0.25, 0.3) is 0 Å². The van der Waals surface area contributed by atoms with E-state index in [1.54, 1.807) is 26.0 Å². The maximum absolute atomic E-state index is 13.0. The number of nitrogens with zero attached hydrogens (tertiary/aromatic N) is 2. The molecule has 0 bridgehead atoms. The summed E-state index contributed by atoms with van der Waals surface area (Å²) in [5.41, 5.74) is 1.68. The number of carbonyl (C=O) groups is 2. The minimum absolute atomic E-state index is 0.0548. The Morgan fingerprint density at radius 2 is 1.85 bits per heavy atom. The van der Waals surface area contributed by atoms with Crippen molar-refractivity contribution in [2.75, 3.05) is 30.3 Å².